The monoisotopic (exact) mass is 291 g/mol. The summed E-state index contributed by atoms with van der Waals surface area (Å²) in [6.45, 7) is 3.14. The van der Waals surface area contributed by atoms with Gasteiger partial charge in [-0.1, -0.05) is 64.7 Å². The first-order valence-corrected chi connectivity index (χ1v) is 6.12. The fourth-order valence-electron chi connectivity index (χ4n) is 1.63. The number of unbranched alkanes of at least 4 members (excludes halogenated alkanes) is 9. The molecule has 0 bridgehead atoms. The molecule has 0 atom stereocenters. The zero-order valence-corrected chi connectivity index (χ0v) is 11.2. The van der Waals surface area contributed by atoms with Crippen molar-refractivity contribution in [2.75, 3.05) is 6.54 Å². The van der Waals surface area contributed by atoms with Crippen molar-refractivity contribution < 1.29 is 20.4 Å². The van der Waals surface area contributed by atoms with E-state index in [2.05, 4.69) is 6.92 Å². The molecule has 90 valence electrons. The fraction of sp³-hybridized carbons (Fsp3) is 1.00. The predicted molar refractivity (Wildman–Crippen MR) is 60.9 cm³/mol. The molecular weight excluding hydrogens is 265 g/mol. The predicted octanol–water partition coefficient (Wildman–Crippen LogP) is 3.86. The summed E-state index contributed by atoms with van der Waals surface area (Å²) in [7, 11) is 0. The Hall–Kier alpha value is 0.622. The van der Waals surface area contributed by atoms with Crippen molar-refractivity contribution in [2.45, 2.75) is 71.1 Å². The van der Waals surface area contributed by atoms with Gasteiger partial charge in [-0.05, 0) is 13.0 Å². The Morgan fingerprint density at radius 2 is 1.00 bits per heavy atom. The molecule has 0 aliphatic heterocycles. The van der Waals surface area contributed by atoms with E-state index in [1.807, 2.05) is 0 Å². The van der Waals surface area contributed by atoms with Crippen LogP contribution in [0.5, 0.6) is 0 Å². The Labute approximate surface area is 104 Å². The van der Waals surface area contributed by atoms with Crippen LogP contribution in [-0.2, 0) is 20.4 Å². The summed E-state index contributed by atoms with van der Waals surface area (Å²) in [5, 5.41) is 0. The SMILES string of the molecule is CCCCCCCCCCCCN.[Pd]. The Balaban J connectivity index is 0. The van der Waals surface area contributed by atoms with Crippen molar-refractivity contribution in [3.05, 3.63) is 0 Å². The van der Waals surface area contributed by atoms with E-state index in [0.717, 1.165) is 6.54 Å². The average molecular weight is 292 g/mol. The summed E-state index contributed by atoms with van der Waals surface area (Å²) in [6.07, 6.45) is 13.9. The Morgan fingerprint density at radius 3 is 1.36 bits per heavy atom. The van der Waals surface area contributed by atoms with E-state index in [9.17, 15) is 0 Å². The van der Waals surface area contributed by atoms with E-state index in [0.29, 0.717) is 0 Å². The molecule has 0 spiro atoms. The molecular formula is C12H27NPd. The molecule has 0 amide bonds. The van der Waals surface area contributed by atoms with Crippen LogP contribution in [0.3, 0.4) is 0 Å². The van der Waals surface area contributed by atoms with Gasteiger partial charge in [-0.3, -0.25) is 0 Å². The fourth-order valence-corrected chi connectivity index (χ4v) is 1.63. The molecule has 14 heavy (non-hydrogen) atoms. The minimum Gasteiger partial charge on any atom is -0.330 e. The van der Waals surface area contributed by atoms with Crippen molar-refractivity contribution in [1.29, 1.82) is 0 Å². The molecule has 0 fully saturated rings. The Morgan fingerprint density at radius 1 is 0.643 bits per heavy atom. The van der Waals surface area contributed by atoms with Gasteiger partial charge >= 0.3 is 0 Å². The molecule has 0 unspecified atom stereocenters. The van der Waals surface area contributed by atoms with Gasteiger partial charge in [0.05, 0.1) is 0 Å². The zero-order valence-electron chi connectivity index (χ0n) is 9.67. The molecule has 0 aliphatic carbocycles. The Bertz CT molecular complexity index is 76.4. The molecule has 0 saturated heterocycles. The van der Waals surface area contributed by atoms with Crippen molar-refractivity contribution in [3.63, 3.8) is 0 Å². The quantitative estimate of drug-likeness (QED) is 0.480. The molecule has 0 saturated carbocycles. The number of hydrogen-bond acceptors (Lipinski definition) is 1. The van der Waals surface area contributed by atoms with E-state index in [-0.39, 0.29) is 20.4 Å². The smallest absolute Gasteiger partial charge is 0 e. The van der Waals surface area contributed by atoms with Crippen LogP contribution in [0.15, 0.2) is 0 Å². The molecule has 1 nitrogen and oxygen atoms in total. The van der Waals surface area contributed by atoms with Crippen molar-refractivity contribution in [1.82, 2.24) is 0 Å². The standard InChI is InChI=1S/C12H27N.Pd/c1-2-3-4-5-6-7-8-9-10-11-12-13;/h2-13H2,1H3;. The Kier molecular flexibility index (Phi) is 19.5. The van der Waals surface area contributed by atoms with Gasteiger partial charge in [-0.25, -0.2) is 0 Å². The number of rotatable bonds is 10. The van der Waals surface area contributed by atoms with Gasteiger partial charge in [0.1, 0.15) is 0 Å². The van der Waals surface area contributed by atoms with Gasteiger partial charge in [0.15, 0.2) is 0 Å². The first-order chi connectivity index (χ1) is 6.41. The first kappa shape index (κ1) is 17.0. The molecule has 0 rings (SSSR count). The van der Waals surface area contributed by atoms with Crippen LogP contribution in [0, 0.1) is 0 Å². The maximum absolute atomic E-state index is 5.42. The summed E-state index contributed by atoms with van der Waals surface area (Å²) < 4.78 is 0. The maximum Gasteiger partial charge on any atom is 0 e. The van der Waals surface area contributed by atoms with Crippen molar-refractivity contribution in [3.8, 4) is 0 Å². The summed E-state index contributed by atoms with van der Waals surface area (Å²) >= 11 is 0. The van der Waals surface area contributed by atoms with Crippen LogP contribution >= 0.6 is 0 Å². The van der Waals surface area contributed by atoms with Crippen LogP contribution < -0.4 is 5.73 Å². The van der Waals surface area contributed by atoms with Crippen LogP contribution in [-0.4, -0.2) is 6.54 Å². The molecule has 0 aromatic rings. The summed E-state index contributed by atoms with van der Waals surface area (Å²) in [4.78, 5) is 0. The normalized spacial score (nSPS) is 9.86. The van der Waals surface area contributed by atoms with Gasteiger partial charge in [-0.15, -0.1) is 0 Å². The summed E-state index contributed by atoms with van der Waals surface area (Å²) in [5.41, 5.74) is 5.42. The number of hydrogen-bond donors (Lipinski definition) is 1. The average Bonchev–Trinajstić information content (AvgIpc) is 2.16. The zero-order chi connectivity index (χ0) is 9.78. The van der Waals surface area contributed by atoms with Gasteiger partial charge in [0, 0.05) is 20.4 Å². The molecule has 0 aromatic carbocycles. The van der Waals surface area contributed by atoms with E-state index in [4.69, 9.17) is 5.73 Å². The van der Waals surface area contributed by atoms with Crippen LogP contribution in [0.4, 0.5) is 0 Å². The second-order valence-electron chi connectivity index (χ2n) is 3.97. The topological polar surface area (TPSA) is 26.0 Å². The second kappa shape index (κ2) is 16.1. The van der Waals surface area contributed by atoms with Crippen LogP contribution in [0.25, 0.3) is 0 Å². The maximum atomic E-state index is 5.42. The molecule has 2 N–H and O–H groups in total. The van der Waals surface area contributed by atoms with Crippen LogP contribution in [0.1, 0.15) is 71.1 Å². The van der Waals surface area contributed by atoms with Gasteiger partial charge < -0.3 is 5.73 Å². The third-order valence-corrected chi connectivity index (χ3v) is 2.56. The number of nitrogens with two attached hydrogens (primary N) is 1. The van der Waals surface area contributed by atoms with E-state index >= 15 is 0 Å². The molecule has 0 aliphatic rings. The van der Waals surface area contributed by atoms with Crippen molar-refractivity contribution in [2.24, 2.45) is 5.73 Å². The largest absolute Gasteiger partial charge is 0.330 e. The molecule has 2 heteroatoms. The van der Waals surface area contributed by atoms with Crippen molar-refractivity contribution >= 4 is 0 Å². The van der Waals surface area contributed by atoms with E-state index < -0.39 is 0 Å². The van der Waals surface area contributed by atoms with Gasteiger partial charge in [0.2, 0.25) is 0 Å². The minimum absolute atomic E-state index is 0. The third kappa shape index (κ3) is 15.1. The molecule has 0 aromatic heterocycles. The minimum atomic E-state index is 0. The third-order valence-electron chi connectivity index (χ3n) is 2.56. The van der Waals surface area contributed by atoms with E-state index in [1.54, 1.807) is 0 Å². The summed E-state index contributed by atoms with van der Waals surface area (Å²) in [5.74, 6) is 0. The molecule has 0 radical (unpaired) electrons. The van der Waals surface area contributed by atoms with Crippen LogP contribution in [0.2, 0.25) is 0 Å². The first-order valence-electron chi connectivity index (χ1n) is 6.12. The second-order valence-corrected chi connectivity index (χ2v) is 3.97. The molecule has 0 heterocycles. The summed E-state index contributed by atoms with van der Waals surface area (Å²) in [6, 6.07) is 0. The van der Waals surface area contributed by atoms with E-state index in [1.165, 1.54) is 64.2 Å². The van der Waals surface area contributed by atoms with Gasteiger partial charge in [-0.2, -0.15) is 0 Å². The van der Waals surface area contributed by atoms with Gasteiger partial charge in [0.25, 0.3) is 0 Å².